The highest BCUT2D eigenvalue weighted by atomic mass is 19.4. The van der Waals surface area contributed by atoms with Gasteiger partial charge in [-0.25, -0.2) is 13.6 Å². The van der Waals surface area contributed by atoms with E-state index < -0.39 is 66.2 Å². The normalized spacial score (nSPS) is 30.3. The first kappa shape index (κ1) is 19.4. The Morgan fingerprint density at radius 3 is 2.41 bits per heavy atom. The maximum atomic E-state index is 13.4. The van der Waals surface area contributed by atoms with Crippen LogP contribution < -0.4 is 5.32 Å². The molecule has 1 heterocycles. The molecule has 1 aliphatic heterocycles. The van der Waals surface area contributed by atoms with Crippen molar-refractivity contribution < 1.29 is 36.6 Å². The second kappa shape index (κ2) is 6.35. The lowest BCUT2D eigenvalue weighted by Gasteiger charge is -2.20. The molecule has 5 nitrogen and oxygen atoms in total. The number of hydrogen-bond acceptors (Lipinski definition) is 2. The topological polar surface area (TPSA) is 69.6 Å². The Hall–Kier alpha value is -2.39. The molecule has 0 bridgehead atoms. The third kappa shape index (κ3) is 3.57. The lowest BCUT2D eigenvalue weighted by Crippen LogP contribution is -2.42. The Bertz CT molecular complexity index is 784. The van der Waals surface area contributed by atoms with Crippen molar-refractivity contribution in [2.24, 2.45) is 11.8 Å². The van der Waals surface area contributed by atoms with Crippen molar-refractivity contribution in [3.63, 3.8) is 0 Å². The van der Waals surface area contributed by atoms with Gasteiger partial charge in [-0.3, -0.25) is 4.79 Å². The van der Waals surface area contributed by atoms with E-state index in [9.17, 15) is 31.5 Å². The molecular weight excluding hydrogens is 375 g/mol. The van der Waals surface area contributed by atoms with Crippen molar-refractivity contribution >= 4 is 12.0 Å². The number of carbonyl (C=O) groups excluding carboxylic acids is 1. The molecule has 1 aromatic rings. The van der Waals surface area contributed by atoms with Gasteiger partial charge in [-0.15, -0.1) is 0 Å². The molecule has 1 saturated carbocycles. The van der Waals surface area contributed by atoms with E-state index in [1.54, 1.807) is 6.92 Å². The number of nitrogens with zero attached hydrogens (tertiary/aromatic N) is 1. The number of urea groups is 1. The highest BCUT2D eigenvalue weighted by Crippen LogP contribution is 2.48. The van der Waals surface area contributed by atoms with Gasteiger partial charge in [0.25, 0.3) is 0 Å². The molecule has 10 heteroatoms. The van der Waals surface area contributed by atoms with Crippen LogP contribution in [-0.2, 0) is 10.2 Å². The molecule has 1 aliphatic carbocycles. The van der Waals surface area contributed by atoms with E-state index in [1.165, 1.54) is 6.07 Å². The number of carboxylic acid groups (broad SMARTS) is 1. The minimum absolute atomic E-state index is 0.405. The first-order valence-corrected chi connectivity index (χ1v) is 8.24. The van der Waals surface area contributed by atoms with Crippen LogP contribution in [0.5, 0.6) is 0 Å². The highest BCUT2D eigenvalue weighted by Gasteiger charge is 2.56. The van der Waals surface area contributed by atoms with Gasteiger partial charge in [0, 0.05) is 24.5 Å². The van der Waals surface area contributed by atoms with Crippen LogP contribution in [0.3, 0.4) is 0 Å². The van der Waals surface area contributed by atoms with E-state index in [-0.39, 0.29) is 0 Å². The predicted molar refractivity (Wildman–Crippen MR) is 82.9 cm³/mol. The lowest BCUT2D eigenvalue weighted by atomic mass is 9.96. The van der Waals surface area contributed by atoms with Crippen LogP contribution in [0.25, 0.3) is 0 Å². The molecule has 0 spiro atoms. The molecule has 1 aromatic carbocycles. The van der Waals surface area contributed by atoms with E-state index in [2.05, 4.69) is 5.32 Å². The summed E-state index contributed by atoms with van der Waals surface area (Å²) in [6, 6.07) is 2.11. The SMILES string of the molecule is CC1(c2ccc(F)c(F)c2)CC1NC(=O)N1C[C@@H](C(F)(F)F)[C@H](C(=O)O)C1. The summed E-state index contributed by atoms with van der Waals surface area (Å²) in [5.41, 5.74) is -0.204. The van der Waals surface area contributed by atoms with Gasteiger partial charge in [0.1, 0.15) is 0 Å². The molecule has 2 unspecified atom stereocenters. The number of nitrogens with one attached hydrogen (secondary N) is 1. The van der Waals surface area contributed by atoms with Crippen molar-refractivity contribution in [3.05, 3.63) is 35.4 Å². The number of halogens is 5. The van der Waals surface area contributed by atoms with Crippen LogP contribution >= 0.6 is 0 Å². The van der Waals surface area contributed by atoms with Crippen LogP contribution in [-0.4, -0.2) is 47.3 Å². The number of likely N-dealkylation sites (tertiary alicyclic amines) is 1. The van der Waals surface area contributed by atoms with Gasteiger partial charge in [0.05, 0.1) is 11.8 Å². The first-order chi connectivity index (χ1) is 12.4. The van der Waals surface area contributed by atoms with E-state index in [0.29, 0.717) is 12.0 Å². The van der Waals surface area contributed by atoms with E-state index in [1.807, 2.05) is 0 Å². The molecule has 2 N–H and O–H groups in total. The van der Waals surface area contributed by atoms with Crippen LogP contribution in [0.1, 0.15) is 18.9 Å². The molecule has 27 heavy (non-hydrogen) atoms. The average molecular weight is 392 g/mol. The summed E-state index contributed by atoms with van der Waals surface area (Å²) in [4.78, 5) is 24.2. The summed E-state index contributed by atoms with van der Waals surface area (Å²) >= 11 is 0. The van der Waals surface area contributed by atoms with Crippen LogP contribution in [0.2, 0.25) is 0 Å². The number of amides is 2. The maximum Gasteiger partial charge on any atom is 0.394 e. The van der Waals surface area contributed by atoms with Gasteiger partial charge in [-0.2, -0.15) is 13.2 Å². The molecule has 2 aliphatic rings. The number of aliphatic carboxylic acids is 1. The van der Waals surface area contributed by atoms with Crippen molar-refractivity contribution in [3.8, 4) is 0 Å². The van der Waals surface area contributed by atoms with Gasteiger partial charge in [-0.1, -0.05) is 13.0 Å². The Morgan fingerprint density at radius 1 is 1.22 bits per heavy atom. The number of hydrogen-bond donors (Lipinski definition) is 2. The van der Waals surface area contributed by atoms with Gasteiger partial charge < -0.3 is 15.3 Å². The number of rotatable bonds is 3. The zero-order chi connectivity index (χ0) is 20.1. The summed E-state index contributed by atoms with van der Waals surface area (Å²) in [7, 11) is 0. The number of benzene rings is 1. The Kier molecular flexibility index (Phi) is 4.55. The van der Waals surface area contributed by atoms with Gasteiger partial charge in [-0.05, 0) is 24.1 Å². The molecule has 0 aromatic heterocycles. The zero-order valence-electron chi connectivity index (χ0n) is 14.2. The summed E-state index contributed by atoms with van der Waals surface area (Å²) < 4.78 is 65.5. The average Bonchev–Trinajstić information content (AvgIpc) is 3.02. The first-order valence-electron chi connectivity index (χ1n) is 8.24. The summed E-state index contributed by atoms with van der Waals surface area (Å²) in [6.45, 7) is 0.439. The van der Waals surface area contributed by atoms with Gasteiger partial charge >= 0.3 is 18.2 Å². The molecule has 0 radical (unpaired) electrons. The fourth-order valence-electron chi connectivity index (χ4n) is 3.54. The molecular formula is C17H17F5N2O3. The molecule has 3 rings (SSSR count). The Morgan fingerprint density at radius 2 is 1.89 bits per heavy atom. The third-order valence-corrected chi connectivity index (χ3v) is 5.46. The van der Waals surface area contributed by atoms with Crippen LogP contribution in [0, 0.1) is 23.5 Å². The standard InChI is InChI=1S/C17H17F5N2O3/c1-16(8-2-3-11(18)12(19)4-8)5-13(16)23-15(27)24-6-9(14(25)26)10(7-24)17(20,21)22/h2-4,9-10,13H,5-7H2,1H3,(H,23,27)(H,25,26)/t9-,10-,13?,16?/m1/s1. The van der Waals surface area contributed by atoms with E-state index in [4.69, 9.17) is 5.11 Å². The monoisotopic (exact) mass is 392 g/mol. The maximum absolute atomic E-state index is 13.4. The van der Waals surface area contributed by atoms with Gasteiger partial charge in [0.2, 0.25) is 0 Å². The smallest absolute Gasteiger partial charge is 0.394 e. The number of carbonyl (C=O) groups is 2. The van der Waals surface area contributed by atoms with E-state index >= 15 is 0 Å². The second-order valence-corrected chi connectivity index (χ2v) is 7.25. The van der Waals surface area contributed by atoms with Crippen molar-refractivity contribution in [2.75, 3.05) is 13.1 Å². The van der Waals surface area contributed by atoms with Crippen molar-refractivity contribution in [1.82, 2.24) is 10.2 Å². The number of alkyl halides is 3. The molecule has 2 fully saturated rings. The van der Waals surface area contributed by atoms with Gasteiger partial charge in [0.15, 0.2) is 11.6 Å². The second-order valence-electron chi connectivity index (χ2n) is 7.25. The minimum Gasteiger partial charge on any atom is -0.481 e. The Labute approximate surface area is 151 Å². The quantitative estimate of drug-likeness (QED) is 0.778. The molecule has 4 atom stereocenters. The summed E-state index contributed by atoms with van der Waals surface area (Å²) in [6.07, 6.45) is -4.32. The van der Waals surface area contributed by atoms with Crippen molar-refractivity contribution in [2.45, 2.75) is 31.0 Å². The fourth-order valence-corrected chi connectivity index (χ4v) is 3.54. The number of carboxylic acids is 1. The zero-order valence-corrected chi connectivity index (χ0v) is 14.2. The van der Waals surface area contributed by atoms with Crippen LogP contribution in [0.4, 0.5) is 26.7 Å². The molecule has 2 amide bonds. The predicted octanol–water partition coefficient (Wildman–Crippen LogP) is 2.90. The highest BCUT2D eigenvalue weighted by molar-refractivity contribution is 5.78. The van der Waals surface area contributed by atoms with E-state index in [0.717, 1.165) is 17.0 Å². The fraction of sp³-hybridized carbons (Fsp3) is 0.529. The van der Waals surface area contributed by atoms with Crippen LogP contribution in [0.15, 0.2) is 18.2 Å². The third-order valence-electron chi connectivity index (χ3n) is 5.46. The molecule has 148 valence electrons. The summed E-state index contributed by atoms with van der Waals surface area (Å²) in [5, 5.41) is 11.6. The Balaban J connectivity index is 1.66. The minimum atomic E-state index is -4.72. The van der Waals surface area contributed by atoms with Crippen molar-refractivity contribution in [1.29, 1.82) is 0 Å². The largest absolute Gasteiger partial charge is 0.481 e. The summed E-state index contributed by atoms with van der Waals surface area (Å²) in [5.74, 6) is -7.48. The molecule has 1 saturated heterocycles. The lowest BCUT2D eigenvalue weighted by molar-refractivity contribution is -0.187.